The van der Waals surface area contributed by atoms with E-state index >= 15 is 0 Å². The largest absolute Gasteiger partial charge is 0.472 e. The van der Waals surface area contributed by atoms with Gasteiger partial charge < -0.3 is 9.32 Å². The molecular weight excluding hydrogens is 280 g/mol. The second-order valence-electron chi connectivity index (χ2n) is 6.37. The number of H-pyrrole nitrogens is 1. The van der Waals surface area contributed by atoms with Crippen LogP contribution >= 0.6 is 0 Å². The van der Waals surface area contributed by atoms with Crippen molar-refractivity contribution in [3.05, 3.63) is 35.8 Å². The third kappa shape index (κ3) is 2.77. The number of hydrogen-bond acceptors (Lipinski definition) is 4. The number of carbonyl (C=O) groups excluding carboxylic acids is 1. The zero-order valence-corrected chi connectivity index (χ0v) is 12.5. The molecule has 116 valence electrons. The van der Waals surface area contributed by atoms with E-state index in [1.54, 1.807) is 12.3 Å². The first-order valence-electron chi connectivity index (χ1n) is 8.02. The Morgan fingerprint density at radius 1 is 1.32 bits per heavy atom. The van der Waals surface area contributed by atoms with Gasteiger partial charge in [0.25, 0.3) is 5.91 Å². The minimum atomic E-state index is 0.0721. The Labute approximate surface area is 128 Å². The van der Waals surface area contributed by atoms with Crippen molar-refractivity contribution >= 4 is 5.91 Å². The molecule has 1 saturated heterocycles. The van der Waals surface area contributed by atoms with E-state index in [-0.39, 0.29) is 5.91 Å². The summed E-state index contributed by atoms with van der Waals surface area (Å²) in [7, 11) is 0. The maximum absolute atomic E-state index is 12.2. The number of likely N-dealkylation sites (tertiary alicyclic amines) is 1. The molecule has 1 saturated carbocycles. The summed E-state index contributed by atoms with van der Waals surface area (Å²) < 4.78 is 4.99. The van der Waals surface area contributed by atoms with Crippen molar-refractivity contribution < 1.29 is 9.21 Å². The Morgan fingerprint density at radius 2 is 2.14 bits per heavy atom. The van der Waals surface area contributed by atoms with Crippen molar-refractivity contribution in [2.24, 2.45) is 5.92 Å². The molecule has 3 heterocycles. The molecule has 0 bridgehead atoms. The van der Waals surface area contributed by atoms with Crippen LogP contribution in [0.5, 0.6) is 0 Å². The highest BCUT2D eigenvalue weighted by molar-refractivity contribution is 5.93. The molecule has 1 aliphatic heterocycles. The van der Waals surface area contributed by atoms with E-state index in [4.69, 9.17) is 4.42 Å². The molecule has 6 nitrogen and oxygen atoms in total. The van der Waals surface area contributed by atoms with Crippen LogP contribution in [0.2, 0.25) is 0 Å². The van der Waals surface area contributed by atoms with E-state index in [1.807, 2.05) is 4.90 Å². The first-order valence-corrected chi connectivity index (χ1v) is 8.02. The first kappa shape index (κ1) is 13.5. The molecular formula is C16H20N4O2. The van der Waals surface area contributed by atoms with Crippen molar-refractivity contribution in [2.75, 3.05) is 13.1 Å². The molecule has 1 N–H and O–H groups in total. The van der Waals surface area contributed by atoms with Gasteiger partial charge in [-0.2, -0.15) is 5.10 Å². The number of aromatic amines is 1. The lowest BCUT2D eigenvalue weighted by atomic mass is 9.93. The van der Waals surface area contributed by atoms with Gasteiger partial charge in [-0.05, 0) is 37.7 Å². The molecule has 2 fully saturated rings. The predicted octanol–water partition coefficient (Wildman–Crippen LogP) is 2.37. The molecule has 1 amide bonds. The van der Waals surface area contributed by atoms with Crippen LogP contribution in [0.1, 0.15) is 53.6 Å². The monoisotopic (exact) mass is 300 g/mol. The number of nitrogens with one attached hydrogen (secondary N) is 1. The van der Waals surface area contributed by atoms with E-state index < -0.39 is 0 Å². The van der Waals surface area contributed by atoms with Crippen LogP contribution in [-0.4, -0.2) is 39.1 Å². The second kappa shape index (κ2) is 5.59. The molecule has 0 aromatic carbocycles. The number of rotatable bonds is 4. The summed E-state index contributed by atoms with van der Waals surface area (Å²) in [6.07, 6.45) is 8.49. The van der Waals surface area contributed by atoms with Gasteiger partial charge in [0, 0.05) is 25.4 Å². The van der Waals surface area contributed by atoms with E-state index in [2.05, 4.69) is 15.2 Å². The van der Waals surface area contributed by atoms with Crippen molar-refractivity contribution in [3.63, 3.8) is 0 Å². The van der Waals surface area contributed by atoms with E-state index in [9.17, 15) is 4.79 Å². The maximum Gasteiger partial charge on any atom is 0.257 e. The molecule has 22 heavy (non-hydrogen) atoms. The van der Waals surface area contributed by atoms with Crippen molar-refractivity contribution in [2.45, 2.75) is 38.0 Å². The predicted molar refractivity (Wildman–Crippen MR) is 79.4 cm³/mol. The topological polar surface area (TPSA) is 75.0 Å². The fourth-order valence-electron chi connectivity index (χ4n) is 3.11. The Kier molecular flexibility index (Phi) is 3.44. The van der Waals surface area contributed by atoms with Crippen LogP contribution in [0.4, 0.5) is 0 Å². The number of carbonyl (C=O) groups is 1. The molecule has 6 heteroatoms. The summed E-state index contributed by atoms with van der Waals surface area (Å²) in [6, 6.07) is 1.72. The summed E-state index contributed by atoms with van der Waals surface area (Å²) in [5.74, 6) is 3.24. The van der Waals surface area contributed by atoms with Gasteiger partial charge in [-0.1, -0.05) is 0 Å². The third-order valence-corrected chi connectivity index (χ3v) is 4.64. The lowest BCUT2D eigenvalue weighted by Gasteiger charge is -2.31. The van der Waals surface area contributed by atoms with Gasteiger partial charge >= 0.3 is 0 Å². The SMILES string of the molecule is O=C(c1ccoc1)N1CCC(Cc2nc(C3CC3)n[nH]2)CC1. The summed E-state index contributed by atoms with van der Waals surface area (Å²) in [4.78, 5) is 18.8. The van der Waals surface area contributed by atoms with Crippen LogP contribution in [0.25, 0.3) is 0 Å². The molecule has 4 rings (SSSR count). The highest BCUT2D eigenvalue weighted by Crippen LogP contribution is 2.37. The molecule has 0 spiro atoms. The van der Waals surface area contributed by atoms with E-state index in [1.165, 1.54) is 19.1 Å². The summed E-state index contributed by atoms with van der Waals surface area (Å²) in [5, 5.41) is 7.39. The Morgan fingerprint density at radius 3 is 2.82 bits per heavy atom. The third-order valence-electron chi connectivity index (χ3n) is 4.64. The Balaban J connectivity index is 1.30. The number of furan rings is 1. The number of piperidine rings is 1. The zero-order chi connectivity index (χ0) is 14.9. The average Bonchev–Trinajstić information content (AvgIpc) is 3.06. The van der Waals surface area contributed by atoms with Crippen molar-refractivity contribution in [3.8, 4) is 0 Å². The molecule has 1 aliphatic carbocycles. The lowest BCUT2D eigenvalue weighted by molar-refractivity contribution is 0.0689. The standard InChI is InChI=1S/C16H20N4O2/c21-16(13-5-8-22-10-13)20-6-3-11(4-7-20)9-14-17-15(19-18-14)12-1-2-12/h5,8,10-12H,1-4,6-7,9H2,(H,17,18,19). The summed E-state index contributed by atoms with van der Waals surface area (Å²) in [5.41, 5.74) is 0.641. The van der Waals surface area contributed by atoms with Crippen LogP contribution in [-0.2, 0) is 6.42 Å². The Hall–Kier alpha value is -2.11. The number of nitrogens with zero attached hydrogens (tertiary/aromatic N) is 3. The first-order chi connectivity index (χ1) is 10.8. The van der Waals surface area contributed by atoms with Crippen LogP contribution < -0.4 is 0 Å². The van der Waals surface area contributed by atoms with Crippen LogP contribution in [0.15, 0.2) is 23.0 Å². The smallest absolute Gasteiger partial charge is 0.257 e. The van der Waals surface area contributed by atoms with Gasteiger partial charge in [0.2, 0.25) is 0 Å². The lowest BCUT2D eigenvalue weighted by Crippen LogP contribution is -2.38. The molecule has 0 unspecified atom stereocenters. The molecule has 0 atom stereocenters. The molecule has 2 aromatic heterocycles. The van der Waals surface area contributed by atoms with Gasteiger partial charge in [-0.15, -0.1) is 0 Å². The normalized spacial score (nSPS) is 19.5. The summed E-state index contributed by atoms with van der Waals surface area (Å²) >= 11 is 0. The quantitative estimate of drug-likeness (QED) is 0.940. The van der Waals surface area contributed by atoms with Crippen LogP contribution in [0, 0.1) is 5.92 Å². The number of aromatic nitrogens is 3. The van der Waals surface area contributed by atoms with Gasteiger partial charge in [0.05, 0.1) is 11.8 Å². The van der Waals surface area contributed by atoms with Crippen molar-refractivity contribution in [1.29, 1.82) is 0 Å². The van der Waals surface area contributed by atoms with Gasteiger partial charge in [0.15, 0.2) is 5.82 Å². The van der Waals surface area contributed by atoms with Crippen LogP contribution in [0.3, 0.4) is 0 Å². The Bertz CT molecular complexity index is 637. The zero-order valence-electron chi connectivity index (χ0n) is 12.5. The highest BCUT2D eigenvalue weighted by atomic mass is 16.3. The fraction of sp³-hybridized carbons (Fsp3) is 0.562. The maximum atomic E-state index is 12.2. The second-order valence-corrected chi connectivity index (χ2v) is 6.37. The minimum Gasteiger partial charge on any atom is -0.472 e. The molecule has 2 aromatic rings. The van der Waals surface area contributed by atoms with Gasteiger partial charge in [-0.25, -0.2) is 4.98 Å². The highest BCUT2D eigenvalue weighted by Gasteiger charge is 2.29. The number of amides is 1. The minimum absolute atomic E-state index is 0.0721. The van der Waals surface area contributed by atoms with Gasteiger partial charge in [0.1, 0.15) is 12.1 Å². The van der Waals surface area contributed by atoms with E-state index in [0.29, 0.717) is 17.4 Å². The van der Waals surface area contributed by atoms with Gasteiger partial charge in [-0.3, -0.25) is 9.89 Å². The van der Waals surface area contributed by atoms with E-state index in [0.717, 1.165) is 44.0 Å². The average molecular weight is 300 g/mol. The van der Waals surface area contributed by atoms with Crippen molar-refractivity contribution in [1.82, 2.24) is 20.1 Å². The summed E-state index contributed by atoms with van der Waals surface area (Å²) in [6.45, 7) is 1.61. The fourth-order valence-corrected chi connectivity index (χ4v) is 3.11. The molecule has 0 radical (unpaired) electrons. The number of hydrogen-bond donors (Lipinski definition) is 1. The molecule has 2 aliphatic rings.